The Labute approximate surface area is 111 Å². The fourth-order valence-corrected chi connectivity index (χ4v) is 1.53. The second kappa shape index (κ2) is 6.71. The molecular formula is C14H13NO2S. The molecule has 0 saturated heterocycles. The van der Waals surface area contributed by atoms with E-state index in [1.807, 2.05) is 66.9 Å². The average molecular weight is 259 g/mol. The van der Waals surface area contributed by atoms with Crippen molar-refractivity contribution in [1.82, 2.24) is 0 Å². The van der Waals surface area contributed by atoms with Crippen molar-refractivity contribution in [2.75, 3.05) is 6.26 Å². The van der Waals surface area contributed by atoms with Crippen LogP contribution in [-0.2, 0) is 0 Å². The summed E-state index contributed by atoms with van der Waals surface area (Å²) in [4.78, 5) is 0. The lowest BCUT2D eigenvalue weighted by atomic mass is 10.3. The first-order valence-corrected chi connectivity index (χ1v) is 6.63. The SMILES string of the molecule is CSN=C(Oc1ccccc1)Oc1ccccc1. The highest BCUT2D eigenvalue weighted by Crippen LogP contribution is 2.14. The van der Waals surface area contributed by atoms with Crippen molar-refractivity contribution in [3.8, 4) is 11.5 Å². The molecule has 0 bridgehead atoms. The molecule has 0 saturated carbocycles. The van der Waals surface area contributed by atoms with Gasteiger partial charge in [0.1, 0.15) is 11.5 Å². The van der Waals surface area contributed by atoms with Crippen LogP contribution < -0.4 is 9.47 Å². The Bertz CT molecular complexity index is 456. The molecule has 2 aromatic rings. The highest BCUT2D eigenvalue weighted by atomic mass is 32.2. The molecule has 0 spiro atoms. The Hall–Kier alpha value is -1.94. The zero-order valence-corrected chi connectivity index (χ0v) is 10.8. The zero-order chi connectivity index (χ0) is 12.6. The van der Waals surface area contributed by atoms with Crippen LogP contribution in [0.25, 0.3) is 0 Å². The average Bonchev–Trinajstić information content (AvgIpc) is 2.41. The largest absolute Gasteiger partial charge is 0.411 e. The Balaban J connectivity index is 2.08. The summed E-state index contributed by atoms with van der Waals surface area (Å²) in [6.07, 6.45) is 2.07. The molecule has 2 aromatic carbocycles. The number of hydrogen-bond donors (Lipinski definition) is 0. The molecule has 0 aliphatic rings. The van der Waals surface area contributed by atoms with Gasteiger partial charge in [-0.15, -0.1) is 4.40 Å². The molecule has 0 amide bonds. The van der Waals surface area contributed by atoms with Crippen molar-refractivity contribution in [3.05, 3.63) is 60.7 Å². The fourth-order valence-electron chi connectivity index (χ4n) is 1.31. The molecule has 0 N–H and O–H groups in total. The molecule has 4 heteroatoms. The van der Waals surface area contributed by atoms with Crippen molar-refractivity contribution in [3.63, 3.8) is 0 Å². The number of ether oxygens (including phenoxy) is 2. The Morgan fingerprint density at radius 1 is 0.833 bits per heavy atom. The van der Waals surface area contributed by atoms with Crippen LogP contribution in [-0.4, -0.2) is 12.3 Å². The lowest BCUT2D eigenvalue weighted by molar-refractivity contribution is 0.388. The zero-order valence-electron chi connectivity index (χ0n) is 9.95. The van der Waals surface area contributed by atoms with Gasteiger partial charge in [-0.1, -0.05) is 36.4 Å². The standard InChI is InChI=1S/C14H13NO2S/c1-18-15-14(16-12-8-4-2-5-9-12)17-13-10-6-3-7-11-13/h2-11H,1H3. The third-order valence-electron chi connectivity index (χ3n) is 2.06. The number of hydrogen-bond acceptors (Lipinski definition) is 4. The van der Waals surface area contributed by atoms with Gasteiger partial charge in [-0.3, -0.25) is 0 Å². The fraction of sp³-hybridized carbons (Fsp3) is 0.0714. The summed E-state index contributed by atoms with van der Waals surface area (Å²) in [5, 5.41) is 0. The number of rotatable bonds is 3. The maximum Gasteiger partial charge on any atom is 0.406 e. The van der Waals surface area contributed by atoms with Crippen LogP contribution in [0.1, 0.15) is 0 Å². The van der Waals surface area contributed by atoms with Crippen LogP contribution in [0, 0.1) is 0 Å². The van der Waals surface area contributed by atoms with Gasteiger partial charge in [0, 0.05) is 6.26 Å². The molecule has 0 aliphatic carbocycles. The van der Waals surface area contributed by atoms with E-state index in [0.717, 1.165) is 0 Å². The normalized spacial score (nSPS) is 9.61. The van der Waals surface area contributed by atoms with Crippen LogP contribution in [0.2, 0.25) is 0 Å². The monoisotopic (exact) mass is 259 g/mol. The number of para-hydroxylation sites is 2. The molecular weight excluding hydrogens is 246 g/mol. The molecule has 18 heavy (non-hydrogen) atoms. The first-order valence-electron chi connectivity index (χ1n) is 5.45. The molecule has 0 heterocycles. The van der Waals surface area contributed by atoms with Gasteiger partial charge in [-0.2, -0.15) is 0 Å². The van der Waals surface area contributed by atoms with Gasteiger partial charge in [0.05, 0.1) is 0 Å². The minimum absolute atomic E-state index is 0.222. The van der Waals surface area contributed by atoms with Gasteiger partial charge in [-0.05, 0) is 36.2 Å². The van der Waals surface area contributed by atoms with E-state index in [1.165, 1.54) is 11.9 Å². The summed E-state index contributed by atoms with van der Waals surface area (Å²) >= 11 is 1.29. The molecule has 0 fully saturated rings. The van der Waals surface area contributed by atoms with E-state index in [4.69, 9.17) is 9.47 Å². The van der Waals surface area contributed by atoms with Crippen molar-refractivity contribution in [1.29, 1.82) is 0 Å². The third-order valence-corrected chi connectivity index (χ3v) is 2.39. The van der Waals surface area contributed by atoms with Crippen molar-refractivity contribution >= 4 is 18.0 Å². The van der Waals surface area contributed by atoms with E-state index in [2.05, 4.69) is 4.40 Å². The van der Waals surface area contributed by atoms with Crippen LogP contribution in [0.4, 0.5) is 0 Å². The molecule has 0 atom stereocenters. The highest BCUT2D eigenvalue weighted by molar-refractivity contribution is 7.97. The Morgan fingerprint density at radius 3 is 1.67 bits per heavy atom. The molecule has 0 unspecified atom stereocenters. The van der Waals surface area contributed by atoms with Gasteiger partial charge >= 0.3 is 6.08 Å². The van der Waals surface area contributed by atoms with Crippen LogP contribution in [0.15, 0.2) is 65.1 Å². The highest BCUT2D eigenvalue weighted by Gasteiger charge is 2.05. The van der Waals surface area contributed by atoms with Crippen LogP contribution >= 0.6 is 11.9 Å². The third kappa shape index (κ3) is 3.82. The summed E-state index contributed by atoms with van der Waals surface area (Å²) in [6.45, 7) is 0. The molecule has 2 rings (SSSR count). The van der Waals surface area contributed by atoms with E-state index in [0.29, 0.717) is 11.5 Å². The maximum atomic E-state index is 5.57. The first kappa shape index (κ1) is 12.5. The van der Waals surface area contributed by atoms with Gasteiger partial charge in [0.2, 0.25) is 0 Å². The van der Waals surface area contributed by atoms with Crippen LogP contribution in [0.3, 0.4) is 0 Å². The molecule has 0 aliphatic heterocycles. The van der Waals surface area contributed by atoms with Gasteiger partial charge in [0.15, 0.2) is 0 Å². The molecule has 3 nitrogen and oxygen atoms in total. The summed E-state index contributed by atoms with van der Waals surface area (Å²) < 4.78 is 15.2. The lowest BCUT2D eigenvalue weighted by Gasteiger charge is -2.08. The Kier molecular flexibility index (Phi) is 4.67. The summed E-state index contributed by atoms with van der Waals surface area (Å²) in [6, 6.07) is 18.8. The second-order valence-corrected chi connectivity index (χ2v) is 3.92. The Morgan fingerprint density at radius 2 is 1.28 bits per heavy atom. The first-order chi connectivity index (χ1) is 8.88. The van der Waals surface area contributed by atoms with E-state index in [1.54, 1.807) is 0 Å². The quantitative estimate of drug-likeness (QED) is 0.477. The second-order valence-electron chi connectivity index (χ2n) is 3.37. The summed E-state index contributed by atoms with van der Waals surface area (Å²) in [5.74, 6) is 1.39. The summed E-state index contributed by atoms with van der Waals surface area (Å²) in [5.41, 5.74) is 0. The minimum Gasteiger partial charge on any atom is -0.411 e. The van der Waals surface area contributed by atoms with Crippen LogP contribution in [0.5, 0.6) is 11.5 Å². The van der Waals surface area contributed by atoms with E-state index < -0.39 is 0 Å². The lowest BCUT2D eigenvalue weighted by Crippen LogP contribution is -2.15. The smallest absolute Gasteiger partial charge is 0.406 e. The maximum absolute atomic E-state index is 5.57. The number of benzene rings is 2. The predicted molar refractivity (Wildman–Crippen MR) is 75.1 cm³/mol. The minimum atomic E-state index is 0.222. The van der Waals surface area contributed by atoms with Crippen molar-refractivity contribution in [2.45, 2.75) is 0 Å². The van der Waals surface area contributed by atoms with E-state index in [-0.39, 0.29) is 6.08 Å². The van der Waals surface area contributed by atoms with Gasteiger partial charge in [-0.25, -0.2) is 0 Å². The van der Waals surface area contributed by atoms with Gasteiger partial charge < -0.3 is 9.47 Å². The molecule has 92 valence electrons. The van der Waals surface area contributed by atoms with Crippen molar-refractivity contribution < 1.29 is 9.47 Å². The van der Waals surface area contributed by atoms with Gasteiger partial charge in [0.25, 0.3) is 0 Å². The topological polar surface area (TPSA) is 30.8 Å². The molecule has 0 aromatic heterocycles. The predicted octanol–water partition coefficient (Wildman–Crippen LogP) is 3.78. The number of nitrogens with zero attached hydrogens (tertiary/aromatic N) is 1. The molecule has 0 radical (unpaired) electrons. The summed E-state index contributed by atoms with van der Waals surface area (Å²) in [7, 11) is 0. The van der Waals surface area contributed by atoms with E-state index >= 15 is 0 Å². The van der Waals surface area contributed by atoms with E-state index in [9.17, 15) is 0 Å². The van der Waals surface area contributed by atoms with Crippen molar-refractivity contribution in [2.24, 2.45) is 4.40 Å².